The topological polar surface area (TPSA) is 111 Å². The zero-order valence-corrected chi connectivity index (χ0v) is 17.8. The van der Waals surface area contributed by atoms with E-state index in [4.69, 9.17) is 13.9 Å². The first kappa shape index (κ1) is 22.7. The van der Waals surface area contributed by atoms with Crippen LogP contribution in [-0.4, -0.2) is 67.1 Å². The van der Waals surface area contributed by atoms with Gasteiger partial charge in [0.05, 0.1) is 19.8 Å². The molecule has 1 unspecified atom stereocenters. The third-order valence-corrected chi connectivity index (χ3v) is 5.11. The standard InChI is InChI=1S/C22H29N3O6/c1-16(15-20(27)25-10-13-29-14-11-25)8-12-30-22(28)23-9-4-6-18(26)21-24-17-5-2-3-7-19(17)31-21/h2-3,5,7,16H,4,6,8-15H2,1H3,(H,23,28). The molecule has 1 N–H and O–H groups in total. The summed E-state index contributed by atoms with van der Waals surface area (Å²) >= 11 is 0. The van der Waals surface area contributed by atoms with Crippen LogP contribution in [0.15, 0.2) is 28.7 Å². The molecule has 0 saturated carbocycles. The number of ketones is 1. The Morgan fingerprint density at radius 3 is 2.77 bits per heavy atom. The lowest BCUT2D eigenvalue weighted by Crippen LogP contribution is -2.41. The first-order valence-electron chi connectivity index (χ1n) is 10.7. The van der Waals surface area contributed by atoms with Gasteiger partial charge in [0.2, 0.25) is 11.7 Å². The highest BCUT2D eigenvalue weighted by Gasteiger charge is 2.19. The summed E-state index contributed by atoms with van der Waals surface area (Å²) in [6.07, 6.45) is 1.19. The SMILES string of the molecule is CC(CCOC(=O)NCCCC(=O)c1nc2ccccc2o1)CC(=O)N1CCOCC1. The number of aromatic nitrogens is 1. The number of Topliss-reactive ketones (excluding diaryl/α,β-unsaturated/α-hetero) is 1. The molecular formula is C22H29N3O6. The van der Waals surface area contributed by atoms with Crippen molar-refractivity contribution in [3.05, 3.63) is 30.2 Å². The number of amides is 2. The Morgan fingerprint density at radius 1 is 1.23 bits per heavy atom. The van der Waals surface area contributed by atoms with E-state index in [1.54, 1.807) is 12.1 Å². The van der Waals surface area contributed by atoms with Crippen molar-refractivity contribution in [2.24, 2.45) is 5.92 Å². The molecule has 9 heteroatoms. The maximum Gasteiger partial charge on any atom is 0.407 e. The number of rotatable bonds is 10. The summed E-state index contributed by atoms with van der Waals surface area (Å²) in [7, 11) is 0. The van der Waals surface area contributed by atoms with Crippen LogP contribution in [0, 0.1) is 5.92 Å². The predicted molar refractivity (Wildman–Crippen MR) is 113 cm³/mol. The molecule has 0 bridgehead atoms. The van der Waals surface area contributed by atoms with Crippen LogP contribution in [0.25, 0.3) is 11.1 Å². The van der Waals surface area contributed by atoms with E-state index in [0.29, 0.717) is 63.2 Å². The number of carbonyl (C=O) groups is 3. The van der Waals surface area contributed by atoms with E-state index in [9.17, 15) is 14.4 Å². The number of alkyl carbamates (subject to hydrolysis) is 1. The van der Waals surface area contributed by atoms with Crippen LogP contribution in [0.2, 0.25) is 0 Å². The van der Waals surface area contributed by atoms with Gasteiger partial charge in [-0.25, -0.2) is 9.78 Å². The van der Waals surface area contributed by atoms with E-state index >= 15 is 0 Å². The van der Waals surface area contributed by atoms with Gasteiger partial charge in [-0.1, -0.05) is 19.1 Å². The van der Waals surface area contributed by atoms with Crippen molar-refractivity contribution in [3.63, 3.8) is 0 Å². The fraction of sp³-hybridized carbons (Fsp3) is 0.545. The van der Waals surface area contributed by atoms with Crippen molar-refractivity contribution in [1.29, 1.82) is 0 Å². The van der Waals surface area contributed by atoms with Crippen LogP contribution in [0.1, 0.15) is 43.3 Å². The van der Waals surface area contributed by atoms with E-state index in [0.717, 1.165) is 0 Å². The summed E-state index contributed by atoms with van der Waals surface area (Å²) in [4.78, 5) is 42.1. The number of hydrogen-bond acceptors (Lipinski definition) is 7. The van der Waals surface area contributed by atoms with E-state index < -0.39 is 6.09 Å². The average Bonchev–Trinajstić information content (AvgIpc) is 3.21. The fourth-order valence-electron chi connectivity index (χ4n) is 3.28. The summed E-state index contributed by atoms with van der Waals surface area (Å²) in [5.74, 6) is 0.121. The number of para-hydroxylation sites is 2. The van der Waals surface area contributed by atoms with E-state index in [-0.39, 0.29) is 36.5 Å². The van der Waals surface area contributed by atoms with Gasteiger partial charge >= 0.3 is 6.09 Å². The van der Waals surface area contributed by atoms with Crippen molar-refractivity contribution in [3.8, 4) is 0 Å². The van der Waals surface area contributed by atoms with Gasteiger partial charge < -0.3 is 24.1 Å². The Balaban J connectivity index is 1.25. The molecule has 1 aromatic heterocycles. The van der Waals surface area contributed by atoms with Crippen LogP contribution in [0.4, 0.5) is 4.79 Å². The number of benzene rings is 1. The highest BCUT2D eigenvalue weighted by atomic mass is 16.5. The molecular weight excluding hydrogens is 402 g/mol. The largest absolute Gasteiger partial charge is 0.450 e. The van der Waals surface area contributed by atoms with Gasteiger partial charge in [-0.2, -0.15) is 0 Å². The van der Waals surface area contributed by atoms with E-state index in [1.165, 1.54) is 0 Å². The van der Waals surface area contributed by atoms with Crippen LogP contribution < -0.4 is 5.32 Å². The minimum Gasteiger partial charge on any atom is -0.450 e. The highest BCUT2D eigenvalue weighted by molar-refractivity contribution is 5.94. The number of fused-ring (bicyclic) bond motifs is 1. The third-order valence-electron chi connectivity index (χ3n) is 5.11. The number of ether oxygens (including phenoxy) is 2. The van der Waals surface area contributed by atoms with E-state index in [1.807, 2.05) is 24.0 Å². The fourth-order valence-corrected chi connectivity index (χ4v) is 3.28. The third kappa shape index (κ3) is 7.06. The summed E-state index contributed by atoms with van der Waals surface area (Å²) < 4.78 is 15.9. The van der Waals surface area contributed by atoms with Gasteiger partial charge in [-0.3, -0.25) is 9.59 Å². The molecule has 1 saturated heterocycles. The summed E-state index contributed by atoms with van der Waals surface area (Å²) in [6, 6.07) is 7.19. The highest BCUT2D eigenvalue weighted by Crippen LogP contribution is 2.16. The smallest absolute Gasteiger partial charge is 0.407 e. The van der Waals surface area contributed by atoms with Gasteiger partial charge in [0.1, 0.15) is 5.52 Å². The average molecular weight is 431 g/mol. The summed E-state index contributed by atoms with van der Waals surface area (Å²) in [5.41, 5.74) is 1.22. The van der Waals surface area contributed by atoms with Crippen LogP contribution in [-0.2, 0) is 14.3 Å². The normalized spacial score (nSPS) is 14.9. The Kier molecular flexibility index (Phi) is 8.40. The van der Waals surface area contributed by atoms with E-state index in [2.05, 4.69) is 10.3 Å². The number of oxazole rings is 1. The Morgan fingerprint density at radius 2 is 2.00 bits per heavy atom. The van der Waals surface area contributed by atoms with Crippen molar-refractivity contribution in [1.82, 2.24) is 15.2 Å². The molecule has 0 spiro atoms. The van der Waals surface area contributed by atoms with Crippen molar-refractivity contribution < 1.29 is 28.3 Å². The second-order valence-electron chi connectivity index (χ2n) is 7.67. The van der Waals surface area contributed by atoms with Crippen LogP contribution in [0.5, 0.6) is 0 Å². The summed E-state index contributed by atoms with van der Waals surface area (Å²) in [5, 5.41) is 2.63. The zero-order valence-electron chi connectivity index (χ0n) is 17.8. The monoisotopic (exact) mass is 431 g/mol. The van der Waals surface area contributed by atoms with Gasteiger partial charge in [0.15, 0.2) is 5.58 Å². The Bertz CT molecular complexity index is 857. The molecule has 1 aliphatic rings. The van der Waals surface area contributed by atoms with Crippen LogP contribution in [0.3, 0.4) is 0 Å². The molecule has 1 aromatic carbocycles. The quantitative estimate of drug-likeness (QED) is 0.455. The first-order valence-corrected chi connectivity index (χ1v) is 10.7. The predicted octanol–water partition coefficient (Wildman–Crippen LogP) is 2.79. The molecule has 168 valence electrons. The van der Waals surface area contributed by atoms with Crippen molar-refractivity contribution in [2.45, 2.75) is 32.6 Å². The molecule has 1 atom stereocenters. The minimum absolute atomic E-state index is 0.0874. The molecule has 0 aliphatic carbocycles. The van der Waals surface area contributed by atoms with Gasteiger partial charge in [-0.15, -0.1) is 0 Å². The molecule has 31 heavy (non-hydrogen) atoms. The number of morpholine rings is 1. The van der Waals surface area contributed by atoms with Crippen LogP contribution >= 0.6 is 0 Å². The molecule has 2 amide bonds. The van der Waals surface area contributed by atoms with Gasteiger partial charge in [0.25, 0.3) is 5.89 Å². The molecule has 1 aliphatic heterocycles. The molecule has 1 fully saturated rings. The lowest BCUT2D eigenvalue weighted by atomic mass is 10.0. The number of nitrogens with one attached hydrogen (secondary N) is 1. The Labute approximate surface area is 181 Å². The lowest BCUT2D eigenvalue weighted by Gasteiger charge is -2.27. The number of carbonyl (C=O) groups excluding carboxylic acids is 3. The maximum atomic E-state index is 12.2. The van der Waals surface area contributed by atoms with Gasteiger partial charge in [0, 0.05) is 32.5 Å². The minimum atomic E-state index is -0.527. The molecule has 3 rings (SSSR count). The van der Waals surface area contributed by atoms with Crippen molar-refractivity contribution >= 4 is 28.9 Å². The van der Waals surface area contributed by atoms with Crippen molar-refractivity contribution in [2.75, 3.05) is 39.5 Å². The second kappa shape index (κ2) is 11.5. The Hall–Kier alpha value is -2.94. The molecule has 2 aromatic rings. The second-order valence-corrected chi connectivity index (χ2v) is 7.67. The molecule has 2 heterocycles. The first-order chi connectivity index (χ1) is 15.0. The lowest BCUT2D eigenvalue weighted by molar-refractivity contribution is -0.136. The molecule has 9 nitrogen and oxygen atoms in total. The zero-order chi connectivity index (χ0) is 22.1. The number of nitrogens with zero attached hydrogens (tertiary/aromatic N) is 2. The molecule has 0 radical (unpaired) electrons. The van der Waals surface area contributed by atoms with Gasteiger partial charge in [-0.05, 0) is 30.9 Å². The maximum absolute atomic E-state index is 12.2. The number of hydrogen-bond donors (Lipinski definition) is 1. The summed E-state index contributed by atoms with van der Waals surface area (Å²) in [6.45, 7) is 4.98.